The highest BCUT2D eigenvalue weighted by Gasteiger charge is 2.26. The molecule has 0 N–H and O–H groups in total. The zero-order valence-corrected chi connectivity index (χ0v) is 14.1. The van der Waals surface area contributed by atoms with Crippen LogP contribution >= 0.6 is 0 Å². The molecule has 4 rings (SSSR count). The Morgan fingerprint density at radius 1 is 1.15 bits per heavy atom. The first-order valence-corrected chi connectivity index (χ1v) is 8.20. The number of amides is 1. The minimum Gasteiger partial charge on any atom is -0.395 e. The number of nitrogens with zero attached hydrogens (tertiary/aromatic N) is 7. The van der Waals surface area contributed by atoms with Gasteiger partial charge in [0.15, 0.2) is 5.76 Å². The van der Waals surface area contributed by atoms with Crippen LogP contribution in [-0.4, -0.2) is 61.4 Å². The highest BCUT2D eigenvalue weighted by molar-refractivity contribution is 5.92. The minimum atomic E-state index is -0.665. The second-order valence-corrected chi connectivity index (χ2v) is 5.88. The summed E-state index contributed by atoms with van der Waals surface area (Å²) in [6.07, 6.45) is 6.62. The van der Waals surface area contributed by atoms with Crippen LogP contribution in [0.4, 0.5) is 11.7 Å². The SMILES string of the molecule is O=C(c1ccc([N+](=O)[O-])o1)N1CCN(c2cc(-n3ccnc3)ncn2)CC1. The Morgan fingerprint density at radius 3 is 2.59 bits per heavy atom. The van der Waals surface area contributed by atoms with Gasteiger partial charge in [-0.05, 0) is 6.07 Å². The van der Waals surface area contributed by atoms with Gasteiger partial charge in [0.1, 0.15) is 29.2 Å². The first-order chi connectivity index (χ1) is 13.1. The maximum atomic E-state index is 12.4. The van der Waals surface area contributed by atoms with Crippen LogP contribution in [0.3, 0.4) is 0 Å². The topological polar surface area (TPSA) is 123 Å². The molecule has 0 saturated carbocycles. The molecule has 0 aliphatic carbocycles. The van der Waals surface area contributed by atoms with Crippen LogP contribution in [0.2, 0.25) is 0 Å². The summed E-state index contributed by atoms with van der Waals surface area (Å²) in [5, 5.41) is 10.7. The summed E-state index contributed by atoms with van der Waals surface area (Å²) >= 11 is 0. The van der Waals surface area contributed by atoms with Crippen LogP contribution in [0.1, 0.15) is 10.6 Å². The van der Waals surface area contributed by atoms with Crippen molar-refractivity contribution in [3.05, 3.63) is 59.1 Å². The number of piperazine rings is 1. The number of hydrogen-bond donors (Lipinski definition) is 0. The van der Waals surface area contributed by atoms with Crippen LogP contribution < -0.4 is 4.90 Å². The quantitative estimate of drug-likeness (QED) is 0.495. The fourth-order valence-corrected chi connectivity index (χ4v) is 2.88. The number of carbonyl (C=O) groups excluding carboxylic acids is 1. The fourth-order valence-electron chi connectivity index (χ4n) is 2.88. The predicted octanol–water partition coefficient (Wildman–Crippen LogP) is 1.13. The highest BCUT2D eigenvalue weighted by atomic mass is 16.6. The maximum absolute atomic E-state index is 12.4. The Labute approximate surface area is 153 Å². The molecule has 11 heteroatoms. The van der Waals surface area contributed by atoms with Gasteiger partial charge in [0.25, 0.3) is 5.91 Å². The molecule has 1 aliphatic heterocycles. The molecule has 11 nitrogen and oxygen atoms in total. The molecule has 0 atom stereocenters. The van der Waals surface area contributed by atoms with Crippen LogP contribution in [0.25, 0.3) is 5.82 Å². The Bertz CT molecular complexity index is 961. The lowest BCUT2D eigenvalue weighted by Gasteiger charge is -2.35. The first-order valence-electron chi connectivity index (χ1n) is 8.20. The summed E-state index contributed by atoms with van der Waals surface area (Å²) < 4.78 is 6.78. The number of nitro groups is 1. The smallest absolute Gasteiger partial charge is 0.395 e. The van der Waals surface area contributed by atoms with E-state index in [1.807, 2.05) is 6.07 Å². The van der Waals surface area contributed by atoms with E-state index in [9.17, 15) is 14.9 Å². The molecule has 3 aromatic rings. The fraction of sp³-hybridized carbons (Fsp3) is 0.250. The molecular weight excluding hydrogens is 354 g/mol. The number of carbonyl (C=O) groups is 1. The van der Waals surface area contributed by atoms with Crippen molar-refractivity contribution in [3.63, 3.8) is 0 Å². The molecule has 0 spiro atoms. The Balaban J connectivity index is 1.42. The third kappa shape index (κ3) is 3.34. The van der Waals surface area contributed by atoms with E-state index in [1.165, 1.54) is 18.5 Å². The molecule has 0 aromatic carbocycles. The molecule has 1 amide bonds. The van der Waals surface area contributed by atoms with E-state index in [1.54, 1.807) is 28.2 Å². The lowest BCUT2D eigenvalue weighted by Crippen LogP contribution is -2.49. The van der Waals surface area contributed by atoms with Gasteiger partial charge in [0.05, 0.1) is 6.07 Å². The second kappa shape index (κ2) is 6.86. The van der Waals surface area contributed by atoms with Crippen LogP contribution in [0.15, 0.2) is 47.7 Å². The minimum absolute atomic E-state index is 0.0282. The van der Waals surface area contributed by atoms with E-state index in [-0.39, 0.29) is 11.7 Å². The average Bonchev–Trinajstić information content (AvgIpc) is 3.40. The summed E-state index contributed by atoms with van der Waals surface area (Å²) in [5.74, 6) is 0.641. The summed E-state index contributed by atoms with van der Waals surface area (Å²) in [5.41, 5.74) is 0. The number of rotatable bonds is 4. The zero-order chi connectivity index (χ0) is 18.8. The van der Waals surface area contributed by atoms with E-state index in [4.69, 9.17) is 4.42 Å². The van der Waals surface area contributed by atoms with Crippen molar-refractivity contribution in [1.29, 1.82) is 0 Å². The van der Waals surface area contributed by atoms with Gasteiger partial charge in [-0.25, -0.2) is 15.0 Å². The Morgan fingerprint density at radius 2 is 1.93 bits per heavy atom. The normalized spacial score (nSPS) is 14.4. The number of furan rings is 1. The van der Waals surface area contributed by atoms with Gasteiger partial charge in [0, 0.05) is 44.6 Å². The summed E-state index contributed by atoms with van der Waals surface area (Å²) in [7, 11) is 0. The monoisotopic (exact) mass is 369 g/mol. The molecule has 0 bridgehead atoms. The van der Waals surface area contributed by atoms with Crippen molar-refractivity contribution in [2.45, 2.75) is 0 Å². The van der Waals surface area contributed by atoms with E-state index in [0.29, 0.717) is 32.0 Å². The number of imidazole rings is 1. The molecular formula is C16H15N7O4. The maximum Gasteiger partial charge on any atom is 0.433 e. The number of anilines is 1. The van der Waals surface area contributed by atoms with E-state index in [2.05, 4.69) is 19.9 Å². The molecule has 4 heterocycles. The third-order valence-electron chi connectivity index (χ3n) is 4.28. The van der Waals surface area contributed by atoms with Crippen LogP contribution in [0, 0.1) is 10.1 Å². The standard InChI is InChI=1S/C16H15N7O4/c24-16(12-1-2-15(27-12)23(25)26)21-7-5-20(6-8-21)13-9-14(19-10-18-13)22-4-3-17-11-22/h1-4,9-11H,5-8H2. The van der Waals surface area contributed by atoms with Gasteiger partial charge in [0.2, 0.25) is 0 Å². The van der Waals surface area contributed by atoms with Gasteiger partial charge in [-0.1, -0.05) is 0 Å². The van der Waals surface area contributed by atoms with E-state index < -0.39 is 10.8 Å². The lowest BCUT2D eigenvalue weighted by atomic mass is 10.3. The summed E-state index contributed by atoms with van der Waals surface area (Å²) in [6, 6.07) is 4.37. The van der Waals surface area contributed by atoms with Crippen LogP contribution in [0.5, 0.6) is 0 Å². The average molecular weight is 369 g/mol. The van der Waals surface area contributed by atoms with Crippen molar-refractivity contribution < 1.29 is 14.1 Å². The molecule has 1 fully saturated rings. The number of hydrogen-bond acceptors (Lipinski definition) is 8. The van der Waals surface area contributed by atoms with Gasteiger partial charge in [-0.2, -0.15) is 0 Å². The predicted molar refractivity (Wildman–Crippen MR) is 92.6 cm³/mol. The zero-order valence-electron chi connectivity index (χ0n) is 14.1. The van der Waals surface area contributed by atoms with E-state index >= 15 is 0 Å². The molecule has 0 unspecified atom stereocenters. The first kappa shape index (κ1) is 16.7. The third-order valence-corrected chi connectivity index (χ3v) is 4.28. The van der Waals surface area contributed by atoms with Gasteiger partial charge in [-0.15, -0.1) is 0 Å². The molecule has 3 aromatic heterocycles. The van der Waals surface area contributed by atoms with Gasteiger partial charge in [-0.3, -0.25) is 19.5 Å². The summed E-state index contributed by atoms with van der Waals surface area (Å²) in [6.45, 7) is 2.07. The number of aromatic nitrogens is 4. The Hall–Kier alpha value is -3.76. The molecule has 27 heavy (non-hydrogen) atoms. The second-order valence-electron chi connectivity index (χ2n) is 5.88. The molecule has 138 valence electrons. The van der Waals surface area contributed by atoms with Crippen molar-refractivity contribution in [3.8, 4) is 5.82 Å². The van der Waals surface area contributed by atoms with Crippen molar-refractivity contribution in [2.24, 2.45) is 0 Å². The lowest BCUT2D eigenvalue weighted by molar-refractivity contribution is -0.402. The van der Waals surface area contributed by atoms with Crippen molar-refractivity contribution in [2.75, 3.05) is 31.1 Å². The van der Waals surface area contributed by atoms with Crippen molar-refractivity contribution in [1.82, 2.24) is 24.4 Å². The molecule has 1 saturated heterocycles. The highest BCUT2D eigenvalue weighted by Crippen LogP contribution is 2.20. The van der Waals surface area contributed by atoms with Crippen molar-refractivity contribution >= 4 is 17.6 Å². The molecule has 1 aliphatic rings. The summed E-state index contributed by atoms with van der Waals surface area (Å²) in [4.78, 5) is 38.7. The Kier molecular flexibility index (Phi) is 4.24. The van der Waals surface area contributed by atoms with E-state index in [0.717, 1.165) is 5.82 Å². The van der Waals surface area contributed by atoms with Gasteiger partial charge < -0.3 is 14.2 Å². The van der Waals surface area contributed by atoms with Gasteiger partial charge >= 0.3 is 5.88 Å². The molecule has 0 radical (unpaired) electrons. The van der Waals surface area contributed by atoms with Crippen LogP contribution in [-0.2, 0) is 0 Å². The largest absolute Gasteiger partial charge is 0.433 e.